The van der Waals surface area contributed by atoms with Gasteiger partial charge >= 0.3 is 5.97 Å². The van der Waals surface area contributed by atoms with E-state index in [1.165, 1.54) is 0 Å². The zero-order chi connectivity index (χ0) is 11.8. The maximum Gasteiger partial charge on any atom is 0.305 e. The van der Waals surface area contributed by atoms with Gasteiger partial charge < -0.3 is 4.74 Å². The van der Waals surface area contributed by atoms with Crippen LogP contribution >= 0.6 is 0 Å². The Kier molecular flexibility index (Phi) is 5.55. The van der Waals surface area contributed by atoms with Crippen molar-refractivity contribution < 1.29 is 14.3 Å². The minimum atomic E-state index is -0.298. The summed E-state index contributed by atoms with van der Waals surface area (Å²) >= 11 is 0. The fourth-order valence-corrected chi connectivity index (χ4v) is 1.94. The molecule has 0 spiro atoms. The van der Waals surface area contributed by atoms with Crippen molar-refractivity contribution in [3.8, 4) is 6.07 Å². The van der Waals surface area contributed by atoms with E-state index < -0.39 is 0 Å². The smallest absolute Gasteiger partial charge is 0.305 e. The topological polar surface area (TPSA) is 67.2 Å². The molecule has 1 saturated carbocycles. The predicted molar refractivity (Wildman–Crippen MR) is 57.4 cm³/mol. The lowest BCUT2D eigenvalue weighted by atomic mass is 9.85. The van der Waals surface area contributed by atoms with Gasteiger partial charge in [-0.1, -0.05) is 6.42 Å². The minimum Gasteiger partial charge on any atom is -0.465 e. The standard InChI is InChI=1S/C12H17NO3/c13-8-3-9-16-12(15)7-6-10-4-1-2-5-11(10)14/h10H,1-7,9H2. The van der Waals surface area contributed by atoms with Crippen LogP contribution in [0.1, 0.15) is 44.9 Å². The van der Waals surface area contributed by atoms with E-state index in [2.05, 4.69) is 0 Å². The molecule has 0 N–H and O–H groups in total. The molecule has 0 bridgehead atoms. The SMILES string of the molecule is N#CCCOC(=O)CCC1CCCCC1=O. The molecule has 1 aliphatic carbocycles. The number of esters is 1. The van der Waals surface area contributed by atoms with Crippen LogP contribution in [0.15, 0.2) is 0 Å². The Bertz CT molecular complexity index is 293. The van der Waals surface area contributed by atoms with Crippen LogP contribution in [0.2, 0.25) is 0 Å². The number of ketones is 1. The van der Waals surface area contributed by atoms with E-state index in [0.717, 1.165) is 19.3 Å². The van der Waals surface area contributed by atoms with E-state index in [9.17, 15) is 9.59 Å². The summed E-state index contributed by atoms with van der Waals surface area (Å²) in [6.45, 7) is 0.161. The van der Waals surface area contributed by atoms with Crippen molar-refractivity contribution in [1.82, 2.24) is 0 Å². The highest BCUT2D eigenvalue weighted by molar-refractivity contribution is 5.82. The van der Waals surface area contributed by atoms with E-state index in [-0.39, 0.29) is 30.7 Å². The van der Waals surface area contributed by atoms with Crippen LogP contribution in [0.3, 0.4) is 0 Å². The number of rotatable bonds is 5. The quantitative estimate of drug-likeness (QED) is 0.528. The normalized spacial score (nSPS) is 20.2. The molecule has 88 valence electrons. The van der Waals surface area contributed by atoms with Crippen LogP contribution in [0, 0.1) is 17.2 Å². The molecule has 0 aromatic rings. The van der Waals surface area contributed by atoms with E-state index in [0.29, 0.717) is 19.3 Å². The highest BCUT2D eigenvalue weighted by Gasteiger charge is 2.22. The zero-order valence-corrected chi connectivity index (χ0v) is 9.41. The van der Waals surface area contributed by atoms with E-state index in [4.69, 9.17) is 10.00 Å². The Labute approximate surface area is 95.6 Å². The first-order valence-corrected chi connectivity index (χ1v) is 5.79. The Morgan fingerprint density at radius 3 is 3.00 bits per heavy atom. The summed E-state index contributed by atoms with van der Waals surface area (Å²) in [5, 5.41) is 8.26. The lowest BCUT2D eigenvalue weighted by molar-refractivity contribution is -0.144. The molecule has 0 saturated heterocycles. The van der Waals surface area contributed by atoms with Crippen molar-refractivity contribution >= 4 is 11.8 Å². The summed E-state index contributed by atoms with van der Waals surface area (Å²) in [5.41, 5.74) is 0. The van der Waals surface area contributed by atoms with Gasteiger partial charge in [0, 0.05) is 18.8 Å². The minimum absolute atomic E-state index is 0.0530. The third-order valence-electron chi connectivity index (χ3n) is 2.85. The van der Waals surface area contributed by atoms with Crippen LogP contribution in [0.4, 0.5) is 0 Å². The zero-order valence-electron chi connectivity index (χ0n) is 9.41. The summed E-state index contributed by atoms with van der Waals surface area (Å²) in [6, 6.07) is 1.90. The van der Waals surface area contributed by atoms with Gasteiger partial charge in [0.15, 0.2) is 0 Å². The third-order valence-corrected chi connectivity index (χ3v) is 2.85. The first kappa shape index (κ1) is 12.7. The van der Waals surface area contributed by atoms with Gasteiger partial charge in [-0.25, -0.2) is 0 Å². The lowest BCUT2D eigenvalue weighted by Gasteiger charge is -2.19. The fourth-order valence-electron chi connectivity index (χ4n) is 1.94. The molecule has 1 rings (SSSR count). The number of ether oxygens (including phenoxy) is 1. The second-order valence-electron chi connectivity index (χ2n) is 4.08. The van der Waals surface area contributed by atoms with Crippen molar-refractivity contribution in [1.29, 1.82) is 5.26 Å². The van der Waals surface area contributed by atoms with Gasteiger partial charge in [0.05, 0.1) is 12.5 Å². The molecule has 0 aromatic heterocycles. The van der Waals surface area contributed by atoms with Gasteiger partial charge in [0.2, 0.25) is 0 Å². The number of carbonyl (C=O) groups excluding carboxylic acids is 2. The van der Waals surface area contributed by atoms with Gasteiger partial charge in [-0.05, 0) is 19.3 Å². The van der Waals surface area contributed by atoms with Crippen LogP contribution in [0.5, 0.6) is 0 Å². The molecule has 0 radical (unpaired) electrons. The van der Waals surface area contributed by atoms with Gasteiger partial charge in [-0.3, -0.25) is 9.59 Å². The van der Waals surface area contributed by atoms with E-state index >= 15 is 0 Å². The molecule has 0 aromatic carbocycles. The average molecular weight is 223 g/mol. The summed E-state index contributed by atoms with van der Waals surface area (Å²) in [6.07, 6.45) is 4.76. The van der Waals surface area contributed by atoms with Gasteiger partial charge in [-0.2, -0.15) is 5.26 Å². The van der Waals surface area contributed by atoms with Crippen LogP contribution < -0.4 is 0 Å². The maximum absolute atomic E-state index is 11.5. The Morgan fingerprint density at radius 1 is 1.50 bits per heavy atom. The van der Waals surface area contributed by atoms with Crippen molar-refractivity contribution in [2.75, 3.05) is 6.61 Å². The molecule has 16 heavy (non-hydrogen) atoms. The monoisotopic (exact) mass is 223 g/mol. The summed E-state index contributed by atoms with van der Waals surface area (Å²) in [5.74, 6) is 0.0435. The van der Waals surface area contributed by atoms with Crippen LogP contribution in [0.25, 0.3) is 0 Å². The molecule has 1 atom stereocenters. The average Bonchev–Trinajstić information content (AvgIpc) is 2.28. The van der Waals surface area contributed by atoms with Crippen molar-refractivity contribution in [3.63, 3.8) is 0 Å². The van der Waals surface area contributed by atoms with Crippen molar-refractivity contribution in [2.24, 2.45) is 5.92 Å². The molecule has 1 aliphatic rings. The number of nitriles is 1. The number of Topliss-reactive ketones (excluding diaryl/α,β-unsaturated/α-hetero) is 1. The maximum atomic E-state index is 11.5. The first-order valence-electron chi connectivity index (χ1n) is 5.79. The summed E-state index contributed by atoms with van der Waals surface area (Å²) in [4.78, 5) is 22.7. The summed E-state index contributed by atoms with van der Waals surface area (Å²) in [7, 11) is 0. The lowest BCUT2D eigenvalue weighted by Crippen LogP contribution is -2.20. The molecule has 0 amide bonds. The van der Waals surface area contributed by atoms with E-state index in [1.54, 1.807) is 0 Å². The molecule has 4 heteroatoms. The van der Waals surface area contributed by atoms with Gasteiger partial charge in [0.1, 0.15) is 12.4 Å². The second-order valence-corrected chi connectivity index (χ2v) is 4.08. The number of nitrogens with zero attached hydrogens (tertiary/aromatic N) is 1. The fraction of sp³-hybridized carbons (Fsp3) is 0.750. The Morgan fingerprint density at radius 2 is 2.31 bits per heavy atom. The van der Waals surface area contributed by atoms with Crippen LogP contribution in [-0.4, -0.2) is 18.4 Å². The van der Waals surface area contributed by atoms with Crippen LogP contribution in [-0.2, 0) is 14.3 Å². The first-order chi connectivity index (χ1) is 7.74. The number of carbonyl (C=O) groups is 2. The van der Waals surface area contributed by atoms with Gasteiger partial charge in [0.25, 0.3) is 0 Å². The third kappa shape index (κ3) is 4.43. The largest absolute Gasteiger partial charge is 0.465 e. The molecular formula is C12H17NO3. The second kappa shape index (κ2) is 7.00. The molecule has 1 fully saturated rings. The molecule has 0 heterocycles. The molecule has 4 nitrogen and oxygen atoms in total. The molecule has 0 aliphatic heterocycles. The van der Waals surface area contributed by atoms with Crippen molar-refractivity contribution in [2.45, 2.75) is 44.9 Å². The highest BCUT2D eigenvalue weighted by atomic mass is 16.5. The Balaban J connectivity index is 2.15. The Hall–Kier alpha value is -1.37. The highest BCUT2D eigenvalue weighted by Crippen LogP contribution is 2.24. The summed E-state index contributed by atoms with van der Waals surface area (Å²) < 4.78 is 4.84. The predicted octanol–water partition coefficient (Wildman–Crippen LogP) is 1.98. The van der Waals surface area contributed by atoms with Gasteiger partial charge in [-0.15, -0.1) is 0 Å². The number of hydrogen-bond donors (Lipinski definition) is 0. The molecule has 1 unspecified atom stereocenters. The number of hydrogen-bond acceptors (Lipinski definition) is 4. The van der Waals surface area contributed by atoms with E-state index in [1.807, 2.05) is 6.07 Å². The molecular weight excluding hydrogens is 206 g/mol. The van der Waals surface area contributed by atoms with Crippen molar-refractivity contribution in [3.05, 3.63) is 0 Å².